The van der Waals surface area contributed by atoms with Gasteiger partial charge in [0.15, 0.2) is 0 Å². The molecule has 0 radical (unpaired) electrons. The molecule has 0 saturated carbocycles. The average Bonchev–Trinajstić information content (AvgIpc) is 2.76. The van der Waals surface area contributed by atoms with Crippen molar-refractivity contribution in [3.63, 3.8) is 0 Å². The third kappa shape index (κ3) is 2.72. The molecule has 0 aliphatic carbocycles. The summed E-state index contributed by atoms with van der Waals surface area (Å²) in [7, 11) is 2.17. The lowest BCUT2D eigenvalue weighted by Crippen LogP contribution is -2.45. The number of carbonyl (C=O) groups excluding carboxylic acids is 1. The summed E-state index contributed by atoms with van der Waals surface area (Å²) in [5.74, 6) is 0. The van der Waals surface area contributed by atoms with Crippen molar-refractivity contribution < 1.29 is 9.53 Å². The van der Waals surface area contributed by atoms with Crippen LogP contribution >= 0.6 is 0 Å². The number of carbonyl (C=O) groups is 1. The van der Waals surface area contributed by atoms with Crippen molar-refractivity contribution in [3.05, 3.63) is 29.8 Å². The number of benzene rings is 1. The van der Waals surface area contributed by atoms with Crippen molar-refractivity contribution in [2.45, 2.75) is 44.6 Å². The van der Waals surface area contributed by atoms with E-state index in [0.717, 1.165) is 38.2 Å². The zero-order chi connectivity index (χ0) is 16.0. The van der Waals surface area contributed by atoms with E-state index in [1.54, 1.807) is 0 Å². The summed E-state index contributed by atoms with van der Waals surface area (Å²) in [4.78, 5) is 16.8. The van der Waals surface area contributed by atoms with Gasteiger partial charge in [0.2, 0.25) is 0 Å². The van der Waals surface area contributed by atoms with Gasteiger partial charge in [-0.1, -0.05) is 18.2 Å². The molecule has 4 heteroatoms. The maximum absolute atomic E-state index is 12.6. The van der Waals surface area contributed by atoms with E-state index in [1.165, 1.54) is 5.56 Å². The van der Waals surface area contributed by atoms with E-state index in [0.29, 0.717) is 0 Å². The van der Waals surface area contributed by atoms with Gasteiger partial charge in [0.25, 0.3) is 0 Å². The first-order chi connectivity index (χ1) is 10.3. The Morgan fingerprint density at radius 1 is 1.18 bits per heavy atom. The summed E-state index contributed by atoms with van der Waals surface area (Å²) in [5.41, 5.74) is 1.98. The standard InChI is InChI=1S/C18H26N2O2/c1-17(2,3)22-16(21)20-13-18(9-11-19(4)12-10-18)14-7-5-6-8-15(14)20/h5-8H,9-13H2,1-4H3. The molecule has 4 nitrogen and oxygen atoms in total. The van der Waals surface area contributed by atoms with Crippen molar-refractivity contribution in [2.24, 2.45) is 0 Å². The lowest BCUT2D eigenvalue weighted by atomic mass is 9.74. The molecule has 1 saturated heterocycles. The third-order valence-corrected chi connectivity index (χ3v) is 4.79. The van der Waals surface area contributed by atoms with Crippen molar-refractivity contribution in [2.75, 3.05) is 31.6 Å². The molecule has 0 N–H and O–H groups in total. The number of ether oxygens (including phenoxy) is 1. The van der Waals surface area contributed by atoms with Gasteiger partial charge in [0.1, 0.15) is 5.60 Å². The Bertz CT molecular complexity index is 569. The van der Waals surface area contributed by atoms with Gasteiger partial charge in [-0.15, -0.1) is 0 Å². The van der Waals surface area contributed by atoms with Crippen LogP contribution in [0, 0.1) is 0 Å². The van der Waals surface area contributed by atoms with Crippen LogP contribution in [0.3, 0.4) is 0 Å². The second-order valence-electron chi connectivity index (χ2n) is 7.67. The van der Waals surface area contributed by atoms with Gasteiger partial charge in [-0.25, -0.2) is 4.79 Å². The van der Waals surface area contributed by atoms with Gasteiger partial charge in [-0.3, -0.25) is 4.90 Å². The van der Waals surface area contributed by atoms with E-state index >= 15 is 0 Å². The molecule has 3 rings (SSSR count). The Morgan fingerprint density at radius 2 is 1.82 bits per heavy atom. The van der Waals surface area contributed by atoms with Crippen molar-refractivity contribution in [3.8, 4) is 0 Å². The van der Waals surface area contributed by atoms with Crippen molar-refractivity contribution in [1.29, 1.82) is 0 Å². The molecular formula is C18H26N2O2. The Labute approximate surface area is 133 Å². The van der Waals surface area contributed by atoms with E-state index in [9.17, 15) is 4.79 Å². The molecule has 22 heavy (non-hydrogen) atoms. The molecule has 0 aromatic heterocycles. The molecular weight excluding hydrogens is 276 g/mol. The second-order valence-corrected chi connectivity index (χ2v) is 7.67. The highest BCUT2D eigenvalue weighted by Crippen LogP contribution is 2.47. The summed E-state index contributed by atoms with van der Waals surface area (Å²) < 4.78 is 5.61. The molecule has 2 heterocycles. The van der Waals surface area contributed by atoms with Gasteiger partial charge in [0, 0.05) is 12.0 Å². The molecule has 120 valence electrons. The van der Waals surface area contributed by atoms with Crippen molar-refractivity contribution >= 4 is 11.8 Å². The van der Waals surface area contributed by atoms with Gasteiger partial charge in [-0.2, -0.15) is 0 Å². The minimum absolute atomic E-state index is 0.0972. The number of piperidine rings is 1. The normalized spacial score (nSPS) is 21.0. The van der Waals surface area contributed by atoms with E-state index < -0.39 is 5.60 Å². The van der Waals surface area contributed by atoms with Gasteiger partial charge in [-0.05, 0) is 65.4 Å². The monoisotopic (exact) mass is 302 g/mol. The number of nitrogens with zero attached hydrogens (tertiary/aromatic N) is 2. The second kappa shape index (κ2) is 5.27. The minimum atomic E-state index is -0.464. The van der Waals surface area contributed by atoms with Crippen LogP contribution in [0.4, 0.5) is 10.5 Å². The molecule has 2 aliphatic rings. The molecule has 2 aliphatic heterocycles. The molecule has 0 atom stereocenters. The summed E-state index contributed by atoms with van der Waals surface area (Å²) >= 11 is 0. The fourth-order valence-electron chi connectivity index (χ4n) is 3.58. The smallest absolute Gasteiger partial charge is 0.414 e. The first-order valence-corrected chi connectivity index (χ1v) is 8.09. The fraction of sp³-hybridized carbons (Fsp3) is 0.611. The number of para-hydroxylation sites is 1. The topological polar surface area (TPSA) is 32.8 Å². The molecule has 1 aromatic rings. The Kier molecular flexibility index (Phi) is 3.68. The number of fused-ring (bicyclic) bond motifs is 2. The minimum Gasteiger partial charge on any atom is -0.443 e. The maximum Gasteiger partial charge on any atom is 0.414 e. The van der Waals surface area contributed by atoms with E-state index in [-0.39, 0.29) is 11.5 Å². The lowest BCUT2D eigenvalue weighted by Gasteiger charge is -2.38. The third-order valence-electron chi connectivity index (χ3n) is 4.79. The molecule has 0 bridgehead atoms. The number of rotatable bonds is 0. The predicted octanol–water partition coefficient (Wildman–Crippen LogP) is 3.41. The number of hydrogen-bond donors (Lipinski definition) is 0. The van der Waals surface area contributed by atoms with Crippen LogP contribution < -0.4 is 4.90 Å². The van der Waals surface area contributed by atoms with E-state index in [4.69, 9.17) is 4.74 Å². The molecule has 1 spiro atoms. The first kappa shape index (κ1) is 15.3. The highest BCUT2D eigenvalue weighted by molar-refractivity contribution is 5.91. The molecule has 1 amide bonds. The Morgan fingerprint density at radius 3 is 2.45 bits per heavy atom. The van der Waals surface area contributed by atoms with Crippen LogP contribution in [0.1, 0.15) is 39.2 Å². The van der Waals surface area contributed by atoms with Crippen molar-refractivity contribution in [1.82, 2.24) is 4.90 Å². The summed E-state index contributed by atoms with van der Waals surface area (Å²) in [5, 5.41) is 0. The van der Waals surface area contributed by atoms with Crippen LogP contribution in [-0.4, -0.2) is 43.3 Å². The Balaban J connectivity index is 1.91. The Hall–Kier alpha value is -1.55. The maximum atomic E-state index is 12.6. The van der Waals surface area contributed by atoms with Crippen LogP contribution in [0.5, 0.6) is 0 Å². The zero-order valence-electron chi connectivity index (χ0n) is 14.1. The molecule has 1 fully saturated rings. The molecule has 0 unspecified atom stereocenters. The largest absolute Gasteiger partial charge is 0.443 e. The van der Waals surface area contributed by atoms with Crippen LogP contribution in [0.25, 0.3) is 0 Å². The number of hydrogen-bond acceptors (Lipinski definition) is 3. The van der Waals surface area contributed by atoms with E-state index in [1.807, 2.05) is 37.8 Å². The highest BCUT2D eigenvalue weighted by Gasteiger charge is 2.46. The van der Waals surface area contributed by atoms with E-state index in [2.05, 4.69) is 24.1 Å². The summed E-state index contributed by atoms with van der Waals surface area (Å²) in [6.07, 6.45) is 1.97. The highest BCUT2D eigenvalue weighted by atomic mass is 16.6. The predicted molar refractivity (Wildman–Crippen MR) is 88.4 cm³/mol. The SMILES string of the molecule is CN1CCC2(CC1)CN(C(=O)OC(C)(C)C)c1ccccc12. The van der Waals surface area contributed by atoms with Crippen LogP contribution in [0.15, 0.2) is 24.3 Å². The average molecular weight is 302 g/mol. The van der Waals surface area contributed by atoms with Gasteiger partial charge in [0.05, 0.1) is 5.69 Å². The zero-order valence-corrected chi connectivity index (χ0v) is 14.1. The van der Waals surface area contributed by atoms with Gasteiger partial charge < -0.3 is 9.64 Å². The number of anilines is 1. The van der Waals surface area contributed by atoms with Gasteiger partial charge >= 0.3 is 6.09 Å². The van der Waals surface area contributed by atoms with Crippen LogP contribution in [-0.2, 0) is 10.2 Å². The summed E-state index contributed by atoms with van der Waals surface area (Å²) in [6, 6.07) is 8.32. The number of likely N-dealkylation sites (tertiary alicyclic amines) is 1. The summed E-state index contributed by atoms with van der Waals surface area (Å²) in [6.45, 7) is 8.65. The fourth-order valence-corrected chi connectivity index (χ4v) is 3.58. The molecule has 1 aromatic carbocycles. The van der Waals surface area contributed by atoms with Crippen LogP contribution in [0.2, 0.25) is 0 Å². The lowest BCUT2D eigenvalue weighted by molar-refractivity contribution is 0.0572. The first-order valence-electron chi connectivity index (χ1n) is 8.09. The number of amides is 1. The quantitative estimate of drug-likeness (QED) is 0.736.